The quantitative estimate of drug-likeness (QED) is 0.859. The summed E-state index contributed by atoms with van der Waals surface area (Å²) in [7, 11) is 0. The van der Waals surface area contributed by atoms with Crippen LogP contribution in [0.2, 0.25) is 0 Å². The van der Waals surface area contributed by atoms with Gasteiger partial charge in [0.2, 0.25) is 0 Å². The zero-order chi connectivity index (χ0) is 13.7. The van der Waals surface area contributed by atoms with Crippen molar-refractivity contribution in [3.05, 3.63) is 12.2 Å². The van der Waals surface area contributed by atoms with Gasteiger partial charge in [-0.05, 0) is 32.6 Å². The molecule has 0 saturated heterocycles. The molecular weight excluding hydrogens is 236 g/mol. The predicted molar refractivity (Wildman–Crippen MR) is 77.9 cm³/mol. The third-order valence-corrected chi connectivity index (χ3v) is 4.25. The average molecular weight is 264 g/mol. The number of nitrogens with two attached hydrogens (primary N) is 1. The van der Waals surface area contributed by atoms with Crippen LogP contribution in [0.5, 0.6) is 0 Å². The summed E-state index contributed by atoms with van der Waals surface area (Å²) in [5.41, 5.74) is 6.27. The topological polar surface area (TPSA) is 56.7 Å². The van der Waals surface area contributed by atoms with Crippen LogP contribution >= 0.6 is 0 Å². The fourth-order valence-corrected chi connectivity index (χ4v) is 3.11. The zero-order valence-electron chi connectivity index (χ0n) is 12.4. The van der Waals surface area contributed by atoms with Crippen LogP contribution < -0.4 is 5.73 Å². The minimum atomic E-state index is 0.226. The van der Waals surface area contributed by atoms with E-state index < -0.39 is 0 Å². The second-order valence-corrected chi connectivity index (χ2v) is 6.26. The van der Waals surface area contributed by atoms with E-state index in [1.54, 1.807) is 6.33 Å². The molecule has 1 atom stereocenters. The molecule has 1 aromatic heterocycles. The van der Waals surface area contributed by atoms with Gasteiger partial charge in [0.25, 0.3) is 0 Å². The Hall–Kier alpha value is -0.900. The second-order valence-electron chi connectivity index (χ2n) is 6.26. The monoisotopic (exact) mass is 264 g/mol. The Morgan fingerprint density at radius 1 is 1.32 bits per heavy atom. The molecule has 0 bridgehead atoms. The molecule has 0 aromatic carbocycles. The van der Waals surface area contributed by atoms with Crippen molar-refractivity contribution in [3.8, 4) is 0 Å². The maximum absolute atomic E-state index is 6.27. The summed E-state index contributed by atoms with van der Waals surface area (Å²) >= 11 is 0. The fraction of sp³-hybridized carbons (Fsp3) is 0.867. The van der Waals surface area contributed by atoms with E-state index in [0.717, 1.165) is 24.6 Å². The Morgan fingerprint density at radius 3 is 2.74 bits per heavy atom. The molecule has 0 spiro atoms. The lowest BCUT2D eigenvalue weighted by Gasteiger charge is -2.23. The van der Waals surface area contributed by atoms with Crippen molar-refractivity contribution in [3.63, 3.8) is 0 Å². The summed E-state index contributed by atoms with van der Waals surface area (Å²) < 4.78 is 1.99. The molecule has 1 heterocycles. The molecule has 1 aromatic rings. The summed E-state index contributed by atoms with van der Waals surface area (Å²) in [6, 6.07) is 0.590. The molecule has 1 aliphatic rings. The first-order chi connectivity index (χ1) is 9.16. The molecule has 4 nitrogen and oxygen atoms in total. The number of hydrogen-bond acceptors (Lipinski definition) is 3. The van der Waals surface area contributed by atoms with E-state index in [2.05, 4.69) is 23.9 Å². The van der Waals surface area contributed by atoms with Gasteiger partial charge >= 0.3 is 0 Å². The van der Waals surface area contributed by atoms with Crippen molar-refractivity contribution in [1.82, 2.24) is 14.8 Å². The van der Waals surface area contributed by atoms with Gasteiger partial charge in [-0.1, -0.05) is 32.1 Å². The number of nitrogens with zero attached hydrogens (tertiary/aromatic N) is 3. The summed E-state index contributed by atoms with van der Waals surface area (Å²) in [5.74, 6) is 1.95. The van der Waals surface area contributed by atoms with Crippen molar-refractivity contribution < 1.29 is 0 Å². The van der Waals surface area contributed by atoms with Gasteiger partial charge in [0.1, 0.15) is 12.2 Å². The minimum absolute atomic E-state index is 0.226. The SMILES string of the molecule is CC(C)n1ncnc1CC(N)CCC1CCCCC1. The van der Waals surface area contributed by atoms with Gasteiger partial charge in [-0.2, -0.15) is 5.10 Å². The van der Waals surface area contributed by atoms with E-state index in [9.17, 15) is 0 Å². The Morgan fingerprint density at radius 2 is 2.05 bits per heavy atom. The van der Waals surface area contributed by atoms with Gasteiger partial charge in [0.15, 0.2) is 0 Å². The fourth-order valence-electron chi connectivity index (χ4n) is 3.11. The van der Waals surface area contributed by atoms with Gasteiger partial charge < -0.3 is 5.73 Å². The van der Waals surface area contributed by atoms with Crippen molar-refractivity contribution in [1.29, 1.82) is 0 Å². The third kappa shape index (κ3) is 4.30. The summed E-state index contributed by atoms with van der Waals surface area (Å²) in [6.45, 7) is 4.26. The Labute approximate surface area is 116 Å². The number of hydrogen-bond donors (Lipinski definition) is 1. The smallest absolute Gasteiger partial charge is 0.138 e. The molecule has 1 aliphatic carbocycles. The summed E-state index contributed by atoms with van der Waals surface area (Å²) in [5, 5.41) is 4.27. The van der Waals surface area contributed by atoms with Crippen LogP contribution in [-0.2, 0) is 6.42 Å². The average Bonchev–Trinajstić information content (AvgIpc) is 2.86. The molecule has 0 radical (unpaired) electrons. The first-order valence-corrected chi connectivity index (χ1v) is 7.80. The van der Waals surface area contributed by atoms with Crippen LogP contribution in [0.3, 0.4) is 0 Å². The molecule has 0 aliphatic heterocycles. The highest BCUT2D eigenvalue weighted by Gasteiger charge is 2.16. The zero-order valence-corrected chi connectivity index (χ0v) is 12.4. The molecule has 1 unspecified atom stereocenters. The molecule has 0 amide bonds. The molecule has 1 fully saturated rings. The van der Waals surface area contributed by atoms with E-state index >= 15 is 0 Å². The Kier molecular flexibility index (Phi) is 5.37. The van der Waals surface area contributed by atoms with Crippen LogP contribution in [0.25, 0.3) is 0 Å². The Balaban J connectivity index is 1.77. The Bertz CT molecular complexity index is 366. The van der Waals surface area contributed by atoms with Gasteiger partial charge in [-0.15, -0.1) is 0 Å². The lowest BCUT2D eigenvalue weighted by molar-refractivity contribution is 0.321. The standard InChI is InChI=1S/C15H28N4/c1-12(2)19-15(17-11-18-19)10-14(16)9-8-13-6-4-3-5-7-13/h11-14H,3-10,16H2,1-2H3. The maximum Gasteiger partial charge on any atom is 0.138 e. The normalized spacial score (nSPS) is 18.9. The van der Waals surface area contributed by atoms with E-state index in [1.165, 1.54) is 38.5 Å². The van der Waals surface area contributed by atoms with E-state index in [1.807, 2.05) is 4.68 Å². The van der Waals surface area contributed by atoms with Gasteiger partial charge in [-0.3, -0.25) is 0 Å². The second kappa shape index (κ2) is 7.04. The molecular formula is C15H28N4. The molecule has 1 saturated carbocycles. The minimum Gasteiger partial charge on any atom is -0.327 e. The first kappa shape index (κ1) is 14.5. The molecule has 4 heteroatoms. The largest absolute Gasteiger partial charge is 0.327 e. The van der Waals surface area contributed by atoms with E-state index in [0.29, 0.717) is 6.04 Å². The molecule has 2 rings (SSSR count). The number of aromatic nitrogens is 3. The summed E-state index contributed by atoms with van der Waals surface area (Å²) in [4.78, 5) is 4.34. The molecule has 108 valence electrons. The van der Waals surface area contributed by atoms with Gasteiger partial charge in [0.05, 0.1) is 0 Å². The highest BCUT2D eigenvalue weighted by molar-refractivity contribution is 4.90. The van der Waals surface area contributed by atoms with Crippen LogP contribution in [0, 0.1) is 5.92 Å². The van der Waals surface area contributed by atoms with Crippen molar-refractivity contribution in [2.75, 3.05) is 0 Å². The van der Waals surface area contributed by atoms with Crippen LogP contribution in [0.1, 0.15) is 70.7 Å². The first-order valence-electron chi connectivity index (χ1n) is 7.80. The van der Waals surface area contributed by atoms with Crippen LogP contribution in [0.4, 0.5) is 0 Å². The van der Waals surface area contributed by atoms with Crippen LogP contribution in [-0.4, -0.2) is 20.8 Å². The molecule has 19 heavy (non-hydrogen) atoms. The maximum atomic E-state index is 6.27. The highest BCUT2D eigenvalue weighted by atomic mass is 15.3. The van der Waals surface area contributed by atoms with Gasteiger partial charge in [0, 0.05) is 18.5 Å². The lowest BCUT2D eigenvalue weighted by atomic mass is 9.85. The highest BCUT2D eigenvalue weighted by Crippen LogP contribution is 2.27. The van der Waals surface area contributed by atoms with Crippen molar-refractivity contribution in [2.24, 2.45) is 11.7 Å². The third-order valence-electron chi connectivity index (χ3n) is 4.25. The number of rotatable bonds is 6. The van der Waals surface area contributed by atoms with E-state index in [-0.39, 0.29) is 6.04 Å². The summed E-state index contributed by atoms with van der Waals surface area (Å²) in [6.07, 6.45) is 12.0. The molecule has 2 N–H and O–H groups in total. The van der Waals surface area contributed by atoms with Crippen molar-refractivity contribution in [2.45, 2.75) is 77.3 Å². The lowest BCUT2D eigenvalue weighted by Crippen LogP contribution is -2.26. The van der Waals surface area contributed by atoms with Crippen LogP contribution in [0.15, 0.2) is 6.33 Å². The van der Waals surface area contributed by atoms with E-state index in [4.69, 9.17) is 5.73 Å². The van der Waals surface area contributed by atoms with Gasteiger partial charge in [-0.25, -0.2) is 9.67 Å². The van der Waals surface area contributed by atoms with Crippen molar-refractivity contribution >= 4 is 0 Å². The predicted octanol–water partition coefficient (Wildman–Crippen LogP) is 3.09.